The minimum Gasteiger partial charge on any atom is -0.426 e. The molecule has 2 aromatic carbocycles. The minimum atomic E-state index is -0.506. The van der Waals surface area contributed by atoms with Crippen LogP contribution in [-0.2, 0) is 11.8 Å². The van der Waals surface area contributed by atoms with Crippen molar-refractivity contribution < 1.29 is 9.53 Å². The monoisotopic (exact) mass is 281 g/mol. The van der Waals surface area contributed by atoms with Gasteiger partial charge in [-0.15, -0.1) is 0 Å². The topological polar surface area (TPSA) is 31.2 Å². The van der Waals surface area contributed by atoms with Gasteiger partial charge in [0.1, 0.15) is 5.75 Å². The molecule has 3 aromatic rings. The van der Waals surface area contributed by atoms with Crippen molar-refractivity contribution in [3.05, 3.63) is 42.5 Å². The lowest BCUT2D eigenvalue weighted by molar-refractivity contribution is -0.142. The third-order valence-corrected chi connectivity index (χ3v) is 3.71. The Bertz CT molecular complexity index is 837. The van der Waals surface area contributed by atoms with Crippen LogP contribution in [0.1, 0.15) is 20.8 Å². The molecule has 0 fully saturated rings. The lowest BCUT2D eigenvalue weighted by Crippen LogP contribution is -2.25. The molecule has 3 heteroatoms. The van der Waals surface area contributed by atoms with Crippen LogP contribution in [0.4, 0.5) is 0 Å². The van der Waals surface area contributed by atoms with Gasteiger partial charge in [0, 0.05) is 29.4 Å². The molecular formula is C18H19NO2. The van der Waals surface area contributed by atoms with Crippen molar-refractivity contribution in [2.45, 2.75) is 20.8 Å². The highest BCUT2D eigenvalue weighted by Gasteiger charge is 2.24. The van der Waals surface area contributed by atoms with Crippen LogP contribution < -0.4 is 4.74 Å². The highest BCUT2D eigenvalue weighted by molar-refractivity contribution is 6.08. The summed E-state index contributed by atoms with van der Waals surface area (Å²) in [6.07, 6.45) is 0. The van der Waals surface area contributed by atoms with E-state index < -0.39 is 5.41 Å². The summed E-state index contributed by atoms with van der Waals surface area (Å²) < 4.78 is 7.61. The molecule has 108 valence electrons. The highest BCUT2D eigenvalue weighted by Crippen LogP contribution is 2.31. The second kappa shape index (κ2) is 4.62. The first kappa shape index (κ1) is 13.7. The van der Waals surface area contributed by atoms with E-state index >= 15 is 0 Å². The first-order valence-electron chi connectivity index (χ1n) is 7.07. The van der Waals surface area contributed by atoms with E-state index in [0.29, 0.717) is 5.75 Å². The van der Waals surface area contributed by atoms with Crippen LogP contribution in [-0.4, -0.2) is 10.5 Å². The van der Waals surface area contributed by atoms with Gasteiger partial charge >= 0.3 is 5.97 Å². The second-order valence-corrected chi connectivity index (χ2v) is 6.39. The molecule has 3 nitrogen and oxygen atoms in total. The zero-order chi connectivity index (χ0) is 15.2. The number of aromatic nitrogens is 1. The van der Waals surface area contributed by atoms with Gasteiger partial charge in [-0.2, -0.15) is 0 Å². The lowest BCUT2D eigenvalue weighted by Gasteiger charge is -2.16. The van der Waals surface area contributed by atoms with Crippen molar-refractivity contribution in [3.8, 4) is 5.75 Å². The van der Waals surface area contributed by atoms with E-state index in [1.807, 2.05) is 58.2 Å². The summed E-state index contributed by atoms with van der Waals surface area (Å²) in [5.74, 6) is 0.369. The molecule has 0 unspecified atom stereocenters. The number of rotatable bonds is 1. The fourth-order valence-electron chi connectivity index (χ4n) is 2.46. The van der Waals surface area contributed by atoms with Gasteiger partial charge in [-0.25, -0.2) is 0 Å². The number of benzene rings is 2. The van der Waals surface area contributed by atoms with Gasteiger partial charge in [0.2, 0.25) is 0 Å². The summed E-state index contributed by atoms with van der Waals surface area (Å²) in [5.41, 5.74) is 1.73. The summed E-state index contributed by atoms with van der Waals surface area (Å²) >= 11 is 0. The number of para-hydroxylation sites is 1. The molecule has 0 atom stereocenters. The van der Waals surface area contributed by atoms with E-state index in [4.69, 9.17) is 4.74 Å². The first-order valence-corrected chi connectivity index (χ1v) is 7.07. The molecule has 0 aliphatic rings. The molecule has 21 heavy (non-hydrogen) atoms. The van der Waals surface area contributed by atoms with Crippen molar-refractivity contribution in [3.63, 3.8) is 0 Å². The van der Waals surface area contributed by atoms with Crippen LogP contribution in [0, 0.1) is 5.41 Å². The Kier molecular flexibility index (Phi) is 3.01. The van der Waals surface area contributed by atoms with Gasteiger partial charge in [-0.1, -0.05) is 18.2 Å². The average Bonchev–Trinajstić information content (AvgIpc) is 2.72. The molecule has 0 aliphatic heterocycles. The van der Waals surface area contributed by atoms with Crippen LogP contribution in [0.3, 0.4) is 0 Å². The van der Waals surface area contributed by atoms with E-state index in [9.17, 15) is 4.79 Å². The number of esters is 1. The predicted octanol–water partition coefficient (Wildman–Crippen LogP) is 4.28. The van der Waals surface area contributed by atoms with Crippen molar-refractivity contribution in [1.82, 2.24) is 4.57 Å². The maximum atomic E-state index is 12.0. The number of ether oxygens (including phenoxy) is 1. The Morgan fingerprint density at radius 1 is 1.00 bits per heavy atom. The predicted molar refractivity (Wildman–Crippen MR) is 85.5 cm³/mol. The summed E-state index contributed by atoms with van der Waals surface area (Å²) in [5, 5.41) is 2.38. The highest BCUT2D eigenvalue weighted by atomic mass is 16.5. The smallest absolute Gasteiger partial charge is 0.316 e. The number of hydrogen-bond acceptors (Lipinski definition) is 2. The zero-order valence-electron chi connectivity index (χ0n) is 12.8. The van der Waals surface area contributed by atoms with Crippen molar-refractivity contribution in [2.75, 3.05) is 0 Å². The molecular weight excluding hydrogens is 262 g/mol. The molecule has 0 radical (unpaired) electrons. The molecule has 3 rings (SSSR count). The number of aryl methyl sites for hydroxylation is 1. The Labute approximate surface area is 124 Å². The number of carbonyl (C=O) groups is 1. The normalized spacial score (nSPS) is 12.0. The number of carbonyl (C=O) groups excluding carboxylic acids is 1. The van der Waals surface area contributed by atoms with Crippen LogP contribution in [0.25, 0.3) is 21.8 Å². The summed E-state index contributed by atoms with van der Waals surface area (Å²) in [6.45, 7) is 5.56. The van der Waals surface area contributed by atoms with Gasteiger partial charge in [0.25, 0.3) is 0 Å². The van der Waals surface area contributed by atoms with E-state index in [1.165, 1.54) is 16.3 Å². The standard InChI is InChI=1S/C18H19NO2/c1-18(2,3)17(20)21-12-9-10-14-13-7-5-6-8-15(13)19(4)16(14)11-12/h5-11H,1-4H3. The second-order valence-electron chi connectivity index (χ2n) is 6.39. The Morgan fingerprint density at radius 3 is 2.38 bits per heavy atom. The Balaban J connectivity index is 2.11. The summed E-state index contributed by atoms with van der Waals surface area (Å²) in [4.78, 5) is 12.0. The Morgan fingerprint density at radius 2 is 1.67 bits per heavy atom. The molecule has 1 aromatic heterocycles. The average molecular weight is 281 g/mol. The van der Waals surface area contributed by atoms with Gasteiger partial charge in [-0.3, -0.25) is 4.79 Å². The van der Waals surface area contributed by atoms with Crippen LogP contribution in [0.5, 0.6) is 5.75 Å². The Hall–Kier alpha value is -2.29. The molecule has 0 spiro atoms. The maximum absolute atomic E-state index is 12.0. The fraction of sp³-hybridized carbons (Fsp3) is 0.278. The van der Waals surface area contributed by atoms with Gasteiger partial charge in [0.05, 0.1) is 10.9 Å². The number of hydrogen-bond donors (Lipinski definition) is 0. The molecule has 0 amide bonds. The van der Waals surface area contributed by atoms with Crippen LogP contribution >= 0.6 is 0 Å². The van der Waals surface area contributed by atoms with Gasteiger partial charge < -0.3 is 9.30 Å². The van der Waals surface area contributed by atoms with E-state index in [1.54, 1.807) is 0 Å². The zero-order valence-corrected chi connectivity index (χ0v) is 12.8. The number of nitrogens with zero attached hydrogens (tertiary/aromatic N) is 1. The minimum absolute atomic E-state index is 0.222. The molecule has 1 heterocycles. The van der Waals surface area contributed by atoms with E-state index in [-0.39, 0.29) is 5.97 Å². The molecule has 0 saturated heterocycles. The van der Waals surface area contributed by atoms with Crippen LogP contribution in [0.2, 0.25) is 0 Å². The first-order chi connectivity index (χ1) is 9.88. The number of fused-ring (bicyclic) bond motifs is 3. The molecule has 0 N–H and O–H groups in total. The van der Waals surface area contributed by atoms with Gasteiger partial charge in [0.15, 0.2) is 0 Å². The summed E-state index contributed by atoms with van der Waals surface area (Å²) in [6, 6.07) is 14.1. The van der Waals surface area contributed by atoms with Gasteiger partial charge in [-0.05, 0) is 39.0 Å². The largest absolute Gasteiger partial charge is 0.426 e. The fourth-order valence-corrected chi connectivity index (χ4v) is 2.46. The van der Waals surface area contributed by atoms with Crippen molar-refractivity contribution >= 4 is 27.8 Å². The molecule has 0 saturated carbocycles. The van der Waals surface area contributed by atoms with E-state index in [0.717, 1.165) is 5.52 Å². The molecule has 0 aliphatic carbocycles. The lowest BCUT2D eigenvalue weighted by atomic mass is 9.97. The third-order valence-electron chi connectivity index (χ3n) is 3.71. The molecule has 0 bridgehead atoms. The van der Waals surface area contributed by atoms with E-state index in [2.05, 4.69) is 16.7 Å². The van der Waals surface area contributed by atoms with Crippen LogP contribution in [0.15, 0.2) is 42.5 Å². The summed E-state index contributed by atoms with van der Waals surface area (Å²) in [7, 11) is 2.03. The quantitative estimate of drug-likeness (QED) is 0.492. The van der Waals surface area contributed by atoms with Crippen molar-refractivity contribution in [1.29, 1.82) is 0 Å². The third kappa shape index (κ3) is 2.29. The SMILES string of the molecule is Cn1c2ccccc2c2ccc(OC(=O)C(C)(C)C)cc21. The van der Waals surface area contributed by atoms with Crippen molar-refractivity contribution in [2.24, 2.45) is 12.5 Å². The maximum Gasteiger partial charge on any atom is 0.316 e.